The third-order valence-electron chi connectivity index (χ3n) is 9.60. The van der Waals surface area contributed by atoms with E-state index in [1.54, 1.807) is 30.0 Å². The summed E-state index contributed by atoms with van der Waals surface area (Å²) in [6.45, 7) is 6.01. The summed E-state index contributed by atoms with van der Waals surface area (Å²) in [5.41, 5.74) is 0.931. The van der Waals surface area contributed by atoms with Crippen molar-refractivity contribution in [3.8, 4) is 5.75 Å². The molecule has 258 valence electrons. The van der Waals surface area contributed by atoms with Crippen molar-refractivity contribution in [1.82, 2.24) is 20.2 Å². The number of amides is 2. The smallest absolute Gasteiger partial charge is 0.261 e. The molecule has 1 aromatic heterocycles. The van der Waals surface area contributed by atoms with E-state index in [0.29, 0.717) is 70.9 Å². The third-order valence-corrected chi connectivity index (χ3v) is 11.0. The van der Waals surface area contributed by atoms with Crippen molar-refractivity contribution in [2.45, 2.75) is 81.4 Å². The Bertz CT molecular complexity index is 1650. The molecule has 3 aliphatic rings. The fraction of sp³-hybridized carbons (Fsp3) is 0.543. The number of hydrogen-bond acceptors (Lipinski definition) is 9. The number of anilines is 2. The average Bonchev–Trinajstić information content (AvgIpc) is 3.91. The molecule has 3 N–H and O–H groups in total. The van der Waals surface area contributed by atoms with E-state index in [4.69, 9.17) is 4.74 Å². The number of rotatable bonds is 14. The predicted molar refractivity (Wildman–Crippen MR) is 185 cm³/mol. The molecule has 1 aliphatic carbocycles. The molecule has 2 saturated heterocycles. The summed E-state index contributed by atoms with van der Waals surface area (Å²) in [7, 11) is 0. The van der Waals surface area contributed by atoms with Crippen LogP contribution in [0.1, 0.15) is 64.1 Å². The van der Waals surface area contributed by atoms with Gasteiger partial charge < -0.3 is 24.8 Å². The van der Waals surface area contributed by atoms with E-state index in [1.165, 1.54) is 12.1 Å². The Morgan fingerprint density at radius 3 is 2.54 bits per heavy atom. The quantitative estimate of drug-likeness (QED) is 0.197. The maximum atomic E-state index is 15.2. The zero-order valence-corrected chi connectivity index (χ0v) is 28.1. The van der Waals surface area contributed by atoms with Gasteiger partial charge in [0.05, 0.1) is 23.6 Å². The van der Waals surface area contributed by atoms with Crippen molar-refractivity contribution in [3.05, 3.63) is 58.1 Å². The molecular formula is C35H44F2N6O4S. The maximum absolute atomic E-state index is 15.2. The van der Waals surface area contributed by atoms with Gasteiger partial charge in [-0.2, -0.15) is 11.8 Å². The van der Waals surface area contributed by atoms with Gasteiger partial charge in [0.2, 0.25) is 12.3 Å². The molecule has 2 amide bonds. The van der Waals surface area contributed by atoms with Gasteiger partial charge in [-0.3, -0.25) is 19.7 Å². The lowest BCUT2D eigenvalue weighted by atomic mass is 9.99. The lowest BCUT2D eigenvalue weighted by Crippen LogP contribution is -2.48. The van der Waals surface area contributed by atoms with Crippen molar-refractivity contribution in [1.29, 1.82) is 0 Å². The fourth-order valence-electron chi connectivity index (χ4n) is 6.74. The van der Waals surface area contributed by atoms with Crippen LogP contribution in [0.4, 0.5) is 20.2 Å². The number of carbonyl (C=O) groups is 2. The minimum atomic E-state index is -0.612. The first-order chi connectivity index (χ1) is 23.3. The Hall–Kier alpha value is -3.71. The molecule has 1 unspecified atom stereocenters. The molecule has 48 heavy (non-hydrogen) atoms. The number of aromatic nitrogens is 2. The molecule has 0 bridgehead atoms. The molecule has 3 heterocycles. The number of halogens is 2. The number of H-pyrrole nitrogens is 1. The number of fused-ring (bicyclic) bond motifs is 1. The molecule has 0 spiro atoms. The number of aromatic amines is 1. The van der Waals surface area contributed by atoms with Crippen molar-refractivity contribution >= 4 is 46.4 Å². The van der Waals surface area contributed by atoms with Gasteiger partial charge in [-0.25, -0.2) is 13.8 Å². The Balaban J connectivity index is 0.964. The molecule has 2 aliphatic heterocycles. The number of ether oxygens (including phenoxy) is 1. The Labute approximate surface area is 283 Å². The van der Waals surface area contributed by atoms with Crippen molar-refractivity contribution in [2.75, 3.05) is 43.0 Å². The highest BCUT2D eigenvalue weighted by molar-refractivity contribution is 7.99. The average molecular weight is 683 g/mol. The summed E-state index contributed by atoms with van der Waals surface area (Å²) < 4.78 is 35.6. The fourth-order valence-corrected chi connectivity index (χ4v) is 7.82. The number of likely N-dealkylation sites (tertiary alicyclic amines) is 1. The van der Waals surface area contributed by atoms with E-state index in [0.717, 1.165) is 71.1 Å². The standard InChI is InChI=1S/C35H44F2N6O4S/c1-2-3-29(34(45)38-21-44)39-23-6-7-31(27(36)16-23)43-12-8-24(9-13-43)42-14-10-26(11-15-42)48-20-32-40-30-18-25(47-19-22-4-5-22)17-28(37)33(30)35(46)41-32/h6-7,16-18,21-22,24,26,29,39H,2-5,8-15,19-20H2,1H3,(H,38,44,45)(H,40,41,46). The zero-order chi connectivity index (χ0) is 33.6. The first kappa shape index (κ1) is 34.2. The topological polar surface area (TPSA) is 120 Å². The molecule has 1 saturated carbocycles. The number of nitrogens with one attached hydrogen (secondary N) is 3. The first-order valence-electron chi connectivity index (χ1n) is 17.1. The Morgan fingerprint density at radius 1 is 1.08 bits per heavy atom. The van der Waals surface area contributed by atoms with E-state index < -0.39 is 23.3 Å². The molecule has 10 nitrogen and oxygen atoms in total. The van der Waals surface area contributed by atoms with Crippen LogP contribution in [0, 0.1) is 17.6 Å². The number of carbonyl (C=O) groups excluding carboxylic acids is 2. The summed E-state index contributed by atoms with van der Waals surface area (Å²) in [4.78, 5) is 47.6. The number of piperidine rings is 2. The van der Waals surface area contributed by atoms with Gasteiger partial charge in [0.25, 0.3) is 5.56 Å². The molecular weight excluding hydrogens is 638 g/mol. The monoisotopic (exact) mass is 682 g/mol. The third kappa shape index (κ3) is 8.46. The molecule has 3 fully saturated rings. The van der Waals surface area contributed by atoms with Gasteiger partial charge in [-0.05, 0) is 82.2 Å². The number of thioether (sulfide) groups is 1. The zero-order valence-electron chi connectivity index (χ0n) is 27.3. The molecule has 3 aromatic rings. The number of benzene rings is 2. The summed E-state index contributed by atoms with van der Waals surface area (Å²) in [5.74, 6) is 0.675. The highest BCUT2D eigenvalue weighted by atomic mass is 32.2. The van der Waals surface area contributed by atoms with E-state index in [2.05, 4.69) is 30.4 Å². The van der Waals surface area contributed by atoms with Crippen LogP contribution < -0.4 is 25.8 Å². The van der Waals surface area contributed by atoms with E-state index in [1.807, 2.05) is 6.92 Å². The van der Waals surface area contributed by atoms with Crippen molar-refractivity contribution < 1.29 is 23.1 Å². The van der Waals surface area contributed by atoms with Crippen LogP contribution in [0.25, 0.3) is 10.9 Å². The second-order valence-corrected chi connectivity index (χ2v) is 14.4. The first-order valence-corrected chi connectivity index (χ1v) is 18.1. The highest BCUT2D eigenvalue weighted by Gasteiger charge is 2.30. The maximum Gasteiger partial charge on any atom is 0.261 e. The number of hydrogen-bond donors (Lipinski definition) is 3. The minimum Gasteiger partial charge on any atom is -0.493 e. The molecule has 6 rings (SSSR count). The molecule has 2 aromatic carbocycles. The largest absolute Gasteiger partial charge is 0.493 e. The van der Waals surface area contributed by atoms with Gasteiger partial charge in [0, 0.05) is 42.2 Å². The second-order valence-electron chi connectivity index (χ2n) is 13.1. The van der Waals surface area contributed by atoms with Crippen LogP contribution in [0.2, 0.25) is 0 Å². The number of imide groups is 1. The van der Waals surface area contributed by atoms with E-state index in [-0.39, 0.29) is 11.2 Å². The lowest BCUT2D eigenvalue weighted by molar-refractivity contribution is -0.125. The van der Waals surface area contributed by atoms with Crippen LogP contribution in [-0.2, 0) is 15.3 Å². The van der Waals surface area contributed by atoms with Gasteiger partial charge in [0.15, 0.2) is 0 Å². The van der Waals surface area contributed by atoms with Crippen LogP contribution in [0.5, 0.6) is 5.75 Å². The summed E-state index contributed by atoms with van der Waals surface area (Å²) >= 11 is 1.78. The van der Waals surface area contributed by atoms with Crippen LogP contribution >= 0.6 is 11.8 Å². The number of nitrogens with zero attached hydrogens (tertiary/aromatic N) is 3. The van der Waals surface area contributed by atoms with Crippen molar-refractivity contribution in [3.63, 3.8) is 0 Å². The SMILES string of the molecule is CCCC(Nc1ccc(N2CCC(N3CCC(SCc4nc5cc(OCC6CC6)cc(F)c5c(=O)[nH]4)CC3)CC2)c(F)c1)C(=O)NC=O. The summed E-state index contributed by atoms with van der Waals surface area (Å²) in [5, 5.41) is 5.64. The second kappa shape index (κ2) is 15.7. The van der Waals surface area contributed by atoms with Crippen LogP contribution in [0.3, 0.4) is 0 Å². The highest BCUT2D eigenvalue weighted by Crippen LogP contribution is 2.33. The van der Waals surface area contributed by atoms with Crippen LogP contribution in [-0.4, -0.2) is 77.3 Å². The Morgan fingerprint density at radius 2 is 1.85 bits per heavy atom. The van der Waals surface area contributed by atoms with E-state index >= 15 is 4.39 Å². The van der Waals surface area contributed by atoms with Gasteiger partial charge >= 0.3 is 0 Å². The summed E-state index contributed by atoms with van der Waals surface area (Å²) in [6, 6.07) is 7.74. The molecule has 0 radical (unpaired) electrons. The van der Waals surface area contributed by atoms with Gasteiger partial charge in [-0.1, -0.05) is 13.3 Å². The predicted octanol–water partition coefficient (Wildman–Crippen LogP) is 5.21. The molecule has 1 atom stereocenters. The van der Waals surface area contributed by atoms with Crippen LogP contribution in [0.15, 0.2) is 35.1 Å². The Kier molecular flexibility index (Phi) is 11.2. The van der Waals surface area contributed by atoms with E-state index in [9.17, 15) is 18.8 Å². The van der Waals surface area contributed by atoms with Gasteiger partial charge in [0.1, 0.15) is 34.6 Å². The normalized spacial score (nSPS) is 18.5. The molecule has 13 heteroatoms. The van der Waals surface area contributed by atoms with Crippen molar-refractivity contribution in [2.24, 2.45) is 5.92 Å². The van der Waals surface area contributed by atoms with Gasteiger partial charge in [-0.15, -0.1) is 0 Å². The summed E-state index contributed by atoms with van der Waals surface area (Å²) in [6.07, 6.45) is 7.86. The minimum absolute atomic E-state index is 0.0305. The lowest BCUT2D eigenvalue weighted by Gasteiger charge is -2.42.